The summed E-state index contributed by atoms with van der Waals surface area (Å²) in [7, 11) is 0. The molecule has 7 nitrogen and oxygen atoms in total. The van der Waals surface area contributed by atoms with Crippen molar-refractivity contribution in [2.24, 2.45) is 4.99 Å². The Balaban J connectivity index is 0.00000289. The van der Waals surface area contributed by atoms with Crippen molar-refractivity contribution < 1.29 is 0 Å². The largest absolute Gasteiger partial charge is 0.357 e. The van der Waals surface area contributed by atoms with Crippen molar-refractivity contribution in [3.8, 4) is 5.82 Å². The highest BCUT2D eigenvalue weighted by molar-refractivity contribution is 14.0. The number of guanidine groups is 1. The molecule has 0 amide bonds. The molecule has 2 aromatic heterocycles. The van der Waals surface area contributed by atoms with E-state index in [-0.39, 0.29) is 24.0 Å². The summed E-state index contributed by atoms with van der Waals surface area (Å²) in [6.45, 7) is 7.10. The van der Waals surface area contributed by atoms with Gasteiger partial charge in [0.05, 0.1) is 6.54 Å². The normalized spacial score (nSPS) is 19.2. The Kier molecular flexibility index (Phi) is 9.77. The highest BCUT2D eigenvalue weighted by Gasteiger charge is 2.38. The minimum Gasteiger partial charge on any atom is -0.357 e. The van der Waals surface area contributed by atoms with E-state index in [9.17, 15) is 0 Å². The van der Waals surface area contributed by atoms with Gasteiger partial charge < -0.3 is 10.6 Å². The van der Waals surface area contributed by atoms with Gasteiger partial charge in [-0.2, -0.15) is 0 Å². The molecule has 1 aliphatic heterocycles. The second-order valence-corrected chi connectivity index (χ2v) is 8.87. The summed E-state index contributed by atoms with van der Waals surface area (Å²) in [5.41, 5.74) is 1.43. The molecule has 4 rings (SSSR count). The maximum atomic E-state index is 4.89. The zero-order valence-electron chi connectivity index (χ0n) is 19.3. The van der Waals surface area contributed by atoms with Crippen molar-refractivity contribution in [2.45, 2.75) is 70.4 Å². The highest BCUT2D eigenvalue weighted by Crippen LogP contribution is 2.35. The van der Waals surface area contributed by atoms with Gasteiger partial charge in [-0.05, 0) is 63.4 Å². The molecule has 0 bridgehead atoms. The molecule has 176 valence electrons. The average Bonchev–Trinajstić information content (AvgIpc) is 3.37. The highest BCUT2D eigenvalue weighted by atomic mass is 127. The van der Waals surface area contributed by atoms with E-state index in [1.54, 1.807) is 12.5 Å². The van der Waals surface area contributed by atoms with Crippen molar-refractivity contribution in [3.63, 3.8) is 0 Å². The number of rotatable bonds is 7. The molecule has 1 saturated heterocycles. The van der Waals surface area contributed by atoms with Crippen LogP contribution in [0.25, 0.3) is 5.82 Å². The summed E-state index contributed by atoms with van der Waals surface area (Å²) in [6.07, 6.45) is 18.0. The standard InChI is InChI=1S/C24H37N7.HI/c1-2-26-23(28-18-21-9-12-27-22(17-21)30-16-13-25-20-30)29-19-24(10-5-3-6-11-24)31-14-7-4-8-15-31;/h9,12-13,16-17,20H,2-8,10-11,14-15,18-19H2,1H3,(H2,26,28,29);1H. The van der Waals surface area contributed by atoms with Gasteiger partial charge in [0.25, 0.3) is 0 Å². The molecule has 2 fully saturated rings. The smallest absolute Gasteiger partial charge is 0.191 e. The fourth-order valence-corrected chi connectivity index (χ4v) is 5.04. The van der Waals surface area contributed by atoms with Gasteiger partial charge in [0.1, 0.15) is 12.1 Å². The van der Waals surface area contributed by atoms with Crippen LogP contribution in [-0.4, -0.2) is 57.1 Å². The lowest BCUT2D eigenvalue weighted by atomic mass is 9.79. The number of likely N-dealkylation sites (tertiary alicyclic amines) is 1. The van der Waals surface area contributed by atoms with E-state index in [0.29, 0.717) is 12.1 Å². The molecule has 8 heteroatoms. The number of halogens is 1. The number of nitrogens with zero attached hydrogens (tertiary/aromatic N) is 5. The fraction of sp³-hybridized carbons (Fsp3) is 0.625. The number of hydrogen-bond donors (Lipinski definition) is 2. The van der Waals surface area contributed by atoms with Crippen molar-refractivity contribution in [1.82, 2.24) is 30.1 Å². The van der Waals surface area contributed by atoms with Crippen molar-refractivity contribution >= 4 is 29.9 Å². The Morgan fingerprint density at radius 3 is 2.56 bits per heavy atom. The number of aliphatic imine (C=N–C) groups is 1. The van der Waals surface area contributed by atoms with Crippen molar-refractivity contribution in [1.29, 1.82) is 0 Å². The Bertz CT molecular complexity index is 825. The molecule has 2 N–H and O–H groups in total. The molecule has 0 unspecified atom stereocenters. The summed E-state index contributed by atoms with van der Waals surface area (Å²) < 4.78 is 1.92. The van der Waals surface area contributed by atoms with Gasteiger partial charge in [-0.1, -0.05) is 25.7 Å². The molecule has 1 saturated carbocycles. The minimum atomic E-state index is 0. The van der Waals surface area contributed by atoms with E-state index in [0.717, 1.165) is 30.4 Å². The number of hydrogen-bond acceptors (Lipinski definition) is 4. The number of aromatic nitrogens is 3. The quantitative estimate of drug-likeness (QED) is 0.308. The fourth-order valence-electron chi connectivity index (χ4n) is 5.04. The van der Waals surface area contributed by atoms with E-state index >= 15 is 0 Å². The monoisotopic (exact) mass is 551 g/mol. The molecule has 32 heavy (non-hydrogen) atoms. The molecule has 2 aliphatic rings. The summed E-state index contributed by atoms with van der Waals surface area (Å²) in [6, 6.07) is 4.11. The average molecular weight is 552 g/mol. The minimum absolute atomic E-state index is 0. The molecule has 1 aliphatic carbocycles. The molecule has 0 aromatic carbocycles. The lowest BCUT2D eigenvalue weighted by molar-refractivity contribution is 0.0368. The van der Waals surface area contributed by atoms with Gasteiger partial charge in [-0.15, -0.1) is 24.0 Å². The molecule has 3 heterocycles. The van der Waals surface area contributed by atoms with Crippen LogP contribution in [0.15, 0.2) is 42.0 Å². The summed E-state index contributed by atoms with van der Waals surface area (Å²) in [4.78, 5) is 16.2. The SMILES string of the molecule is CCNC(=NCc1ccnc(-n2ccnc2)c1)NCC1(N2CCCCC2)CCCCC1.I. The lowest BCUT2D eigenvalue weighted by Gasteiger charge is -2.48. The van der Waals surface area contributed by atoms with Crippen molar-refractivity contribution in [2.75, 3.05) is 26.2 Å². The van der Waals surface area contributed by atoms with E-state index < -0.39 is 0 Å². The topological polar surface area (TPSA) is 70.4 Å². The van der Waals surface area contributed by atoms with Crippen LogP contribution in [-0.2, 0) is 6.54 Å². The van der Waals surface area contributed by atoms with Crippen LogP contribution < -0.4 is 10.6 Å². The first kappa shape index (κ1) is 25.0. The van der Waals surface area contributed by atoms with Crippen molar-refractivity contribution in [3.05, 3.63) is 42.6 Å². The predicted octanol–water partition coefficient (Wildman–Crippen LogP) is 4.13. The Morgan fingerprint density at radius 2 is 1.84 bits per heavy atom. The van der Waals surface area contributed by atoms with Crippen LogP contribution in [0.2, 0.25) is 0 Å². The third-order valence-corrected chi connectivity index (χ3v) is 6.74. The maximum absolute atomic E-state index is 4.89. The number of pyridine rings is 1. The molecule has 0 atom stereocenters. The Labute approximate surface area is 209 Å². The van der Waals surface area contributed by atoms with Crippen LogP contribution in [0, 0.1) is 0 Å². The molecule has 0 spiro atoms. The summed E-state index contributed by atoms with van der Waals surface area (Å²) in [5, 5.41) is 7.15. The van der Waals surface area contributed by atoms with Crippen LogP contribution in [0.5, 0.6) is 0 Å². The van der Waals surface area contributed by atoms with Gasteiger partial charge >= 0.3 is 0 Å². The molecule has 0 radical (unpaired) electrons. The van der Waals surface area contributed by atoms with E-state index in [1.165, 1.54) is 64.5 Å². The van der Waals surface area contributed by atoms with E-state index in [1.807, 2.05) is 23.0 Å². The second-order valence-electron chi connectivity index (χ2n) is 8.87. The Morgan fingerprint density at radius 1 is 1.06 bits per heavy atom. The first-order chi connectivity index (χ1) is 15.3. The third-order valence-electron chi connectivity index (χ3n) is 6.74. The third kappa shape index (κ3) is 6.43. The van der Waals surface area contributed by atoms with Gasteiger partial charge in [-0.25, -0.2) is 15.0 Å². The van der Waals surface area contributed by atoms with Gasteiger partial charge in [0, 0.05) is 37.2 Å². The number of imidazole rings is 1. The van der Waals surface area contributed by atoms with E-state index in [4.69, 9.17) is 4.99 Å². The zero-order chi connectivity index (χ0) is 21.4. The maximum Gasteiger partial charge on any atom is 0.191 e. The predicted molar refractivity (Wildman–Crippen MR) is 141 cm³/mol. The molecular weight excluding hydrogens is 513 g/mol. The van der Waals surface area contributed by atoms with Gasteiger partial charge in [0.15, 0.2) is 5.96 Å². The first-order valence-corrected chi connectivity index (χ1v) is 12.0. The van der Waals surface area contributed by atoms with Gasteiger partial charge in [-0.3, -0.25) is 9.47 Å². The number of piperidine rings is 1. The van der Waals surface area contributed by atoms with Crippen LogP contribution >= 0.6 is 24.0 Å². The Hall–Kier alpha value is -1.68. The number of nitrogens with one attached hydrogen (secondary N) is 2. The van der Waals surface area contributed by atoms with Gasteiger partial charge in [0.2, 0.25) is 0 Å². The van der Waals surface area contributed by atoms with E-state index in [2.05, 4.69) is 38.5 Å². The van der Waals surface area contributed by atoms with Crippen LogP contribution in [0.4, 0.5) is 0 Å². The molecular formula is C24H38IN7. The second kappa shape index (κ2) is 12.5. The summed E-state index contributed by atoms with van der Waals surface area (Å²) in [5.74, 6) is 1.78. The zero-order valence-corrected chi connectivity index (χ0v) is 21.6. The summed E-state index contributed by atoms with van der Waals surface area (Å²) >= 11 is 0. The molecule has 2 aromatic rings. The van der Waals surface area contributed by atoms with Crippen LogP contribution in [0.3, 0.4) is 0 Å². The first-order valence-electron chi connectivity index (χ1n) is 12.0. The lowest BCUT2D eigenvalue weighted by Crippen LogP contribution is -2.59. The van der Waals surface area contributed by atoms with Crippen LogP contribution in [0.1, 0.15) is 63.9 Å².